The van der Waals surface area contributed by atoms with E-state index in [-0.39, 0.29) is 11.7 Å². The van der Waals surface area contributed by atoms with Crippen LogP contribution in [0, 0.1) is 6.92 Å². The molecule has 148 valence electrons. The third kappa shape index (κ3) is 3.70. The first-order chi connectivity index (χ1) is 13.2. The van der Waals surface area contributed by atoms with E-state index in [9.17, 15) is 18.7 Å². The van der Waals surface area contributed by atoms with Crippen LogP contribution in [-0.4, -0.2) is 37.2 Å². The summed E-state index contributed by atoms with van der Waals surface area (Å²) in [6, 6.07) is 8.11. The van der Waals surface area contributed by atoms with Crippen LogP contribution in [0.4, 0.5) is 8.78 Å². The zero-order valence-electron chi connectivity index (χ0n) is 15.2. The van der Waals surface area contributed by atoms with E-state index in [0.29, 0.717) is 27.5 Å². The molecule has 0 aliphatic heterocycles. The first-order valence-corrected chi connectivity index (χ1v) is 8.64. The number of nitrogens with zero attached hydrogens (tertiary/aromatic N) is 4. The molecule has 1 N–H and O–H groups in total. The molecule has 0 fully saturated rings. The smallest absolute Gasteiger partial charge is 0.388 e. The van der Waals surface area contributed by atoms with Crippen LogP contribution in [0.1, 0.15) is 24.1 Å². The molecule has 2 heterocycles. The molecule has 2 aromatic heterocycles. The maximum atomic E-state index is 12.6. The molecule has 0 bridgehead atoms. The van der Waals surface area contributed by atoms with E-state index in [1.54, 1.807) is 38.1 Å². The van der Waals surface area contributed by atoms with E-state index >= 15 is 0 Å². The number of carboxylic acid groups (broad SMARTS) is 1. The third-order valence-corrected chi connectivity index (χ3v) is 4.53. The van der Waals surface area contributed by atoms with Gasteiger partial charge in [0.2, 0.25) is 5.88 Å². The fraction of sp³-hybridized carbons (Fsp3) is 0.278. The normalized spacial score (nSPS) is 12.4. The Hall–Kier alpha value is -2.94. The van der Waals surface area contributed by atoms with Crippen LogP contribution < -0.4 is 4.74 Å². The van der Waals surface area contributed by atoms with Crippen molar-refractivity contribution >= 4 is 17.6 Å². The maximum absolute atomic E-state index is 12.6. The van der Waals surface area contributed by atoms with Crippen molar-refractivity contribution in [2.75, 3.05) is 0 Å². The molecule has 0 saturated carbocycles. The number of ether oxygens (including phenoxy) is 1. The van der Waals surface area contributed by atoms with Crippen molar-refractivity contribution in [3.63, 3.8) is 0 Å². The fourth-order valence-electron chi connectivity index (χ4n) is 2.97. The highest BCUT2D eigenvalue weighted by molar-refractivity contribution is 6.30. The molecule has 0 aliphatic rings. The molecule has 28 heavy (non-hydrogen) atoms. The Morgan fingerprint density at radius 1 is 1.25 bits per heavy atom. The summed E-state index contributed by atoms with van der Waals surface area (Å²) in [5, 5.41) is 18.6. The van der Waals surface area contributed by atoms with Gasteiger partial charge in [-0.2, -0.15) is 13.9 Å². The van der Waals surface area contributed by atoms with Crippen molar-refractivity contribution in [2.45, 2.75) is 26.4 Å². The van der Waals surface area contributed by atoms with Crippen LogP contribution in [0.25, 0.3) is 17.1 Å². The summed E-state index contributed by atoms with van der Waals surface area (Å²) < 4.78 is 32.2. The number of carbonyl (C=O) groups is 1. The van der Waals surface area contributed by atoms with Crippen molar-refractivity contribution in [1.29, 1.82) is 0 Å². The lowest BCUT2D eigenvalue weighted by Gasteiger charge is -2.11. The van der Waals surface area contributed by atoms with E-state index in [1.807, 2.05) is 0 Å². The second-order valence-electron chi connectivity index (χ2n) is 6.17. The van der Waals surface area contributed by atoms with Gasteiger partial charge < -0.3 is 9.84 Å². The van der Waals surface area contributed by atoms with Gasteiger partial charge in [0.25, 0.3) is 0 Å². The number of alkyl halides is 2. The van der Waals surface area contributed by atoms with Crippen molar-refractivity contribution in [3.8, 4) is 23.0 Å². The Kier molecular flexibility index (Phi) is 5.37. The first-order valence-electron chi connectivity index (χ1n) is 8.26. The highest BCUT2D eigenvalue weighted by Crippen LogP contribution is 2.35. The van der Waals surface area contributed by atoms with Gasteiger partial charge in [-0.15, -0.1) is 5.10 Å². The molecule has 0 radical (unpaired) electrons. The summed E-state index contributed by atoms with van der Waals surface area (Å²) in [7, 11) is 1.46. The molecule has 3 rings (SSSR count). The zero-order chi connectivity index (χ0) is 20.6. The minimum Gasteiger partial charge on any atom is -0.481 e. The molecule has 1 aromatic carbocycles. The number of hydrogen-bond donors (Lipinski definition) is 1. The molecule has 0 amide bonds. The standard InChI is InChI=1S/C18H17ClF2N4O3/c1-9(17(26)27)15-10(2)22-25(16(15)11-4-6-12(19)7-5-11)13-8-14(24(3)23-13)28-18(20)21/h4-9,18H,1-3H3,(H,26,27). The Bertz CT molecular complexity index is 1010. The van der Waals surface area contributed by atoms with Gasteiger partial charge in [0.15, 0.2) is 5.82 Å². The Morgan fingerprint density at radius 3 is 2.46 bits per heavy atom. The van der Waals surface area contributed by atoms with Crippen LogP contribution in [0.5, 0.6) is 5.88 Å². The number of aliphatic carboxylic acids is 1. The largest absolute Gasteiger partial charge is 0.481 e. The second kappa shape index (κ2) is 7.59. The Balaban J connectivity index is 2.23. The van der Waals surface area contributed by atoms with Crippen molar-refractivity contribution in [1.82, 2.24) is 19.6 Å². The van der Waals surface area contributed by atoms with Gasteiger partial charge in [0.1, 0.15) is 0 Å². The molecular weight excluding hydrogens is 394 g/mol. The average Bonchev–Trinajstić information content (AvgIpc) is 3.14. The number of aromatic nitrogens is 4. The van der Waals surface area contributed by atoms with E-state index in [4.69, 9.17) is 11.6 Å². The molecular formula is C18H17ClF2N4O3. The van der Waals surface area contributed by atoms with E-state index in [1.165, 1.54) is 17.8 Å². The summed E-state index contributed by atoms with van der Waals surface area (Å²) in [6.07, 6.45) is 0. The zero-order valence-corrected chi connectivity index (χ0v) is 16.0. The minimum absolute atomic E-state index is 0.145. The number of benzene rings is 1. The highest BCUT2D eigenvalue weighted by atomic mass is 35.5. The molecule has 0 aliphatic carbocycles. The van der Waals surface area contributed by atoms with Crippen molar-refractivity contribution in [2.24, 2.45) is 7.05 Å². The van der Waals surface area contributed by atoms with E-state index in [0.717, 1.165) is 4.68 Å². The summed E-state index contributed by atoms with van der Waals surface area (Å²) >= 11 is 5.97. The van der Waals surface area contributed by atoms with Crippen LogP contribution in [0.3, 0.4) is 0 Å². The topological polar surface area (TPSA) is 82.2 Å². The summed E-state index contributed by atoms with van der Waals surface area (Å²) in [6.45, 7) is 0.241. The lowest BCUT2D eigenvalue weighted by atomic mass is 9.95. The van der Waals surface area contributed by atoms with Gasteiger partial charge in [-0.25, -0.2) is 9.36 Å². The molecule has 0 spiro atoms. The monoisotopic (exact) mass is 410 g/mol. The minimum atomic E-state index is -3.00. The summed E-state index contributed by atoms with van der Waals surface area (Å²) in [4.78, 5) is 11.6. The SMILES string of the molecule is Cc1nn(-c2cc(OC(F)F)n(C)n2)c(-c2ccc(Cl)cc2)c1C(C)C(=O)O. The van der Waals surface area contributed by atoms with Crippen LogP contribution in [0.2, 0.25) is 5.02 Å². The molecule has 10 heteroatoms. The summed E-state index contributed by atoms with van der Waals surface area (Å²) in [5.74, 6) is -1.79. The van der Waals surface area contributed by atoms with Gasteiger partial charge in [0.05, 0.1) is 17.3 Å². The van der Waals surface area contributed by atoms with E-state index < -0.39 is 18.5 Å². The van der Waals surface area contributed by atoms with Crippen LogP contribution >= 0.6 is 11.6 Å². The predicted octanol–water partition coefficient (Wildman–Crippen LogP) is 4.02. The number of hydrogen-bond acceptors (Lipinski definition) is 4. The van der Waals surface area contributed by atoms with Crippen LogP contribution in [-0.2, 0) is 11.8 Å². The Labute approximate surface area is 164 Å². The lowest BCUT2D eigenvalue weighted by molar-refractivity contribution is -0.138. The number of aryl methyl sites for hydroxylation is 2. The number of rotatable bonds is 6. The number of halogens is 3. The van der Waals surface area contributed by atoms with Gasteiger partial charge in [-0.1, -0.05) is 23.7 Å². The predicted molar refractivity (Wildman–Crippen MR) is 98.2 cm³/mol. The first kappa shape index (κ1) is 19.8. The van der Waals surface area contributed by atoms with Gasteiger partial charge in [0, 0.05) is 29.3 Å². The lowest BCUT2D eigenvalue weighted by Crippen LogP contribution is -2.10. The molecule has 0 saturated heterocycles. The molecule has 7 nitrogen and oxygen atoms in total. The Morgan fingerprint density at radius 2 is 1.89 bits per heavy atom. The summed E-state index contributed by atoms with van der Waals surface area (Å²) in [5.41, 5.74) is 2.14. The number of carboxylic acids is 1. The second-order valence-corrected chi connectivity index (χ2v) is 6.61. The average molecular weight is 411 g/mol. The molecule has 1 atom stereocenters. The van der Waals surface area contributed by atoms with E-state index in [2.05, 4.69) is 14.9 Å². The quantitative estimate of drug-likeness (QED) is 0.663. The van der Waals surface area contributed by atoms with Crippen LogP contribution in [0.15, 0.2) is 30.3 Å². The molecule has 3 aromatic rings. The third-order valence-electron chi connectivity index (χ3n) is 4.28. The molecule has 1 unspecified atom stereocenters. The van der Waals surface area contributed by atoms with Crippen molar-refractivity contribution < 1.29 is 23.4 Å². The fourth-order valence-corrected chi connectivity index (χ4v) is 3.10. The maximum Gasteiger partial charge on any atom is 0.388 e. The van der Waals surface area contributed by atoms with Gasteiger partial charge in [-0.3, -0.25) is 4.79 Å². The van der Waals surface area contributed by atoms with Crippen molar-refractivity contribution in [3.05, 3.63) is 46.6 Å². The van der Waals surface area contributed by atoms with Gasteiger partial charge >= 0.3 is 12.6 Å². The highest BCUT2D eigenvalue weighted by Gasteiger charge is 2.27. The van der Waals surface area contributed by atoms with Gasteiger partial charge in [-0.05, 0) is 26.0 Å².